The molecule has 1 radical (unpaired) electrons. The van der Waals surface area contributed by atoms with Gasteiger partial charge in [-0.3, -0.25) is 0 Å². The van der Waals surface area contributed by atoms with Gasteiger partial charge in [-0.2, -0.15) is 11.3 Å². The summed E-state index contributed by atoms with van der Waals surface area (Å²) in [6.07, 6.45) is 3.84. The van der Waals surface area contributed by atoms with Crippen LogP contribution in [0.25, 0.3) is 52.1 Å². The van der Waals surface area contributed by atoms with Crippen LogP contribution in [-0.4, -0.2) is 23.2 Å². The van der Waals surface area contributed by atoms with E-state index in [0.29, 0.717) is 0 Å². The van der Waals surface area contributed by atoms with Gasteiger partial charge in [-0.25, -0.2) is 0 Å². The molecule has 4 aromatic heterocycles. The van der Waals surface area contributed by atoms with Crippen molar-refractivity contribution in [3.05, 3.63) is 115 Å². The average Bonchev–Trinajstić information content (AvgIpc) is 3.54. The van der Waals surface area contributed by atoms with E-state index < -0.39 is 19.2 Å². The number of hydrogen-bond acceptors (Lipinski definition) is 4. The smallest absolute Gasteiger partial charge is 0 e. The number of aromatic nitrogens is 2. The van der Waals surface area contributed by atoms with E-state index in [2.05, 4.69) is 81.8 Å². The zero-order valence-corrected chi connectivity index (χ0v) is 30.4. The normalized spacial score (nSPS) is 12.1. The summed E-state index contributed by atoms with van der Waals surface area (Å²) in [7, 11) is 0. The van der Waals surface area contributed by atoms with Crippen molar-refractivity contribution in [3.8, 4) is 22.5 Å². The van der Waals surface area contributed by atoms with Crippen LogP contribution in [0.5, 0.6) is 0 Å². The molecule has 42 heavy (non-hydrogen) atoms. The maximum absolute atomic E-state index is 8.31. The number of rotatable bonds is 4. The molecule has 213 valence electrons. The Morgan fingerprint density at radius 1 is 0.762 bits per heavy atom. The van der Waals surface area contributed by atoms with Crippen LogP contribution in [0.2, 0.25) is 17.3 Å². The van der Waals surface area contributed by atoms with Crippen molar-refractivity contribution in [1.29, 1.82) is 0 Å². The molecular formula is C36H32GeIrN2S2-2. The number of nitrogens with zero attached hydrogens (tertiary/aromatic N) is 2. The Morgan fingerprint density at radius 3 is 2.26 bits per heavy atom. The standard InChI is InChI=1S/C22H16NS2.C14H16GeN.Ir/c1-13(2)14-10-11-23-18(12-14)15-7-5-8-17-20(15)25-21-16-6-3-4-9-19(16)24-22(17)21;1-15(2,3)13-9-10-14(16-11-13)12-7-5-4-6-8-12;/h3-6,8-13H,1-2H3;4-7,9-11H,1-3H3;/q2*-1;/i13D;;. The zero-order chi connectivity index (χ0) is 29.5. The molecule has 0 amide bonds. The molecular weight excluding hydrogens is 789 g/mol. The maximum atomic E-state index is 8.31. The van der Waals surface area contributed by atoms with E-state index >= 15 is 0 Å². The van der Waals surface area contributed by atoms with E-state index in [1.165, 1.54) is 34.0 Å². The number of pyridine rings is 2. The van der Waals surface area contributed by atoms with Crippen LogP contribution in [0, 0.1) is 12.1 Å². The molecule has 7 rings (SSSR count). The van der Waals surface area contributed by atoms with Gasteiger partial charge in [0.1, 0.15) is 0 Å². The molecule has 6 heteroatoms. The summed E-state index contributed by atoms with van der Waals surface area (Å²) in [6, 6.07) is 35.6. The maximum Gasteiger partial charge on any atom is 0 e. The second-order valence-electron chi connectivity index (χ2n) is 11.3. The molecule has 0 saturated heterocycles. The molecule has 0 atom stereocenters. The van der Waals surface area contributed by atoms with E-state index in [9.17, 15) is 0 Å². The molecule has 2 nitrogen and oxygen atoms in total. The van der Waals surface area contributed by atoms with Crippen molar-refractivity contribution in [2.45, 2.75) is 37.0 Å². The fourth-order valence-electron chi connectivity index (χ4n) is 4.79. The van der Waals surface area contributed by atoms with E-state index in [0.717, 1.165) is 28.1 Å². The molecule has 0 N–H and O–H groups in total. The third-order valence-electron chi connectivity index (χ3n) is 7.16. The van der Waals surface area contributed by atoms with E-state index in [1.54, 1.807) is 6.20 Å². The molecule has 0 saturated carbocycles. The third-order valence-corrected chi connectivity index (χ3v) is 14.0. The average molecular weight is 823 g/mol. The number of hydrogen-bond donors (Lipinski definition) is 0. The van der Waals surface area contributed by atoms with Gasteiger partial charge in [-0.15, -0.1) is 35.1 Å². The quantitative estimate of drug-likeness (QED) is 0.131. The molecule has 4 heterocycles. The van der Waals surface area contributed by atoms with Crippen LogP contribution in [-0.2, 0) is 20.1 Å². The Labute approximate surface area is 274 Å². The Balaban J connectivity index is 0.000000188. The first kappa shape index (κ1) is 29.4. The first-order chi connectivity index (χ1) is 20.1. The number of thiophene rings is 2. The Hall–Kier alpha value is -2.67. The molecule has 0 aliphatic carbocycles. The summed E-state index contributed by atoms with van der Waals surface area (Å²) in [5.74, 6) is 6.50. The van der Waals surface area contributed by atoms with Gasteiger partial charge >= 0.3 is 99.8 Å². The van der Waals surface area contributed by atoms with E-state index in [4.69, 9.17) is 1.37 Å². The monoisotopic (exact) mass is 824 g/mol. The Morgan fingerprint density at radius 2 is 1.55 bits per heavy atom. The molecule has 0 aliphatic heterocycles. The molecule has 0 unspecified atom stereocenters. The van der Waals surface area contributed by atoms with E-state index in [-0.39, 0.29) is 20.1 Å². The number of fused-ring (bicyclic) bond motifs is 5. The van der Waals surface area contributed by atoms with E-state index in [1.807, 2.05) is 85.2 Å². The van der Waals surface area contributed by atoms with Crippen molar-refractivity contribution >= 4 is 69.9 Å². The van der Waals surface area contributed by atoms with Crippen LogP contribution in [0.3, 0.4) is 0 Å². The van der Waals surface area contributed by atoms with Crippen molar-refractivity contribution in [2.75, 3.05) is 0 Å². The van der Waals surface area contributed by atoms with Crippen LogP contribution in [0.4, 0.5) is 0 Å². The minimum absolute atomic E-state index is 0. The van der Waals surface area contributed by atoms with Crippen molar-refractivity contribution in [3.63, 3.8) is 0 Å². The summed E-state index contributed by atoms with van der Waals surface area (Å²) in [4.78, 5) is 9.12. The van der Waals surface area contributed by atoms with Gasteiger partial charge < -0.3 is 4.98 Å². The summed E-state index contributed by atoms with van der Waals surface area (Å²) in [6.45, 7) is 3.81. The Kier molecular flexibility index (Phi) is 9.04. The van der Waals surface area contributed by atoms with Crippen molar-refractivity contribution in [1.82, 2.24) is 9.97 Å². The summed E-state index contributed by atoms with van der Waals surface area (Å²) >= 11 is 1.96. The SMILES string of the molecule is [2H]C(C)(C)c1ccnc(-c2[c-]ccc3c2sc2c4ccccc4sc32)c1.[CH3][Ge]([CH3])([CH3])[c]1ccc(-c2[c-]cccc2)nc1.[Ir]. The molecule has 0 spiro atoms. The third kappa shape index (κ3) is 6.32. The van der Waals surface area contributed by atoms with Gasteiger partial charge in [-0.05, 0) is 28.4 Å². The zero-order valence-electron chi connectivity index (χ0n) is 25.3. The summed E-state index contributed by atoms with van der Waals surface area (Å²) in [5, 5.41) is 2.60. The van der Waals surface area contributed by atoms with Gasteiger partial charge in [-0.1, -0.05) is 49.1 Å². The van der Waals surface area contributed by atoms with Crippen LogP contribution < -0.4 is 4.40 Å². The predicted octanol–water partition coefficient (Wildman–Crippen LogP) is 10.3. The molecule has 0 bridgehead atoms. The number of benzene rings is 3. The topological polar surface area (TPSA) is 25.8 Å². The molecule has 0 aliphatic rings. The molecule has 0 fully saturated rings. The van der Waals surface area contributed by atoms with Gasteiger partial charge in [0.15, 0.2) is 0 Å². The fraction of sp³-hybridized carbons (Fsp3) is 0.167. The van der Waals surface area contributed by atoms with Crippen molar-refractivity contribution in [2.24, 2.45) is 0 Å². The Bertz CT molecular complexity index is 2000. The predicted molar refractivity (Wildman–Crippen MR) is 182 cm³/mol. The molecule has 7 aromatic rings. The van der Waals surface area contributed by atoms with Crippen molar-refractivity contribution < 1.29 is 21.5 Å². The largest absolute Gasteiger partial charge is 0 e. The summed E-state index contributed by atoms with van der Waals surface area (Å²) in [5.41, 5.74) is 4.97. The first-order valence-corrected chi connectivity index (χ1v) is 22.7. The first-order valence-electron chi connectivity index (χ1n) is 14.2. The van der Waals surface area contributed by atoms with Crippen LogP contribution >= 0.6 is 22.7 Å². The fourth-order valence-corrected chi connectivity index (χ4v) is 9.71. The van der Waals surface area contributed by atoms with Gasteiger partial charge in [0.2, 0.25) is 0 Å². The second kappa shape index (κ2) is 12.9. The molecule has 3 aromatic carbocycles. The minimum atomic E-state index is -1.72. The summed E-state index contributed by atoms with van der Waals surface area (Å²) < 4.78 is 15.0. The van der Waals surface area contributed by atoms with Gasteiger partial charge in [0.05, 0.1) is 0 Å². The minimum Gasteiger partial charge on any atom is 0 e. The second-order valence-corrected chi connectivity index (χ2v) is 24.1. The van der Waals surface area contributed by atoms with Crippen LogP contribution in [0.15, 0.2) is 97.3 Å². The van der Waals surface area contributed by atoms with Gasteiger partial charge in [0, 0.05) is 47.2 Å². The van der Waals surface area contributed by atoms with Gasteiger partial charge in [0.25, 0.3) is 0 Å². The van der Waals surface area contributed by atoms with Crippen LogP contribution in [0.1, 0.15) is 26.7 Å².